The molecule has 0 aliphatic carbocycles. The largest absolute Gasteiger partial charge is 0.478 e. The second kappa shape index (κ2) is 11.3. The van der Waals surface area contributed by atoms with Crippen molar-refractivity contribution in [1.82, 2.24) is 0 Å². The van der Waals surface area contributed by atoms with Crippen LogP contribution < -0.4 is 30.8 Å². The number of carboxylic acids is 1. The van der Waals surface area contributed by atoms with Crippen molar-refractivity contribution in [3.63, 3.8) is 0 Å². The number of benzene rings is 4. The number of para-hydroxylation sites is 2. The molecule has 0 aliphatic rings. The molecule has 15 heteroatoms. The van der Waals surface area contributed by atoms with E-state index in [2.05, 4.69) is 5.32 Å². The third kappa shape index (κ3) is 6.79. The molecule has 0 saturated carbocycles. The number of anilines is 2. The van der Waals surface area contributed by atoms with Crippen LogP contribution in [0.25, 0.3) is 0 Å². The number of nitrogen functional groups attached to an aromatic ring is 1. The van der Waals surface area contributed by atoms with Gasteiger partial charge in [-0.25, -0.2) is 31.9 Å². The van der Waals surface area contributed by atoms with Crippen LogP contribution in [0.4, 0.5) is 11.4 Å². The fourth-order valence-corrected chi connectivity index (χ4v) is 5.03. The number of aromatic carboxylic acids is 1. The van der Waals surface area contributed by atoms with Crippen molar-refractivity contribution in [2.75, 3.05) is 11.1 Å². The van der Waals surface area contributed by atoms with Gasteiger partial charge in [-0.3, -0.25) is 4.79 Å². The summed E-state index contributed by atoms with van der Waals surface area (Å²) in [6, 6.07) is 19.6. The Labute approximate surface area is 234 Å². The maximum Gasteiger partial charge on any atom is 0.335 e. The molecule has 0 aromatic heterocycles. The normalized spacial score (nSPS) is 11.5. The summed E-state index contributed by atoms with van der Waals surface area (Å²) in [5, 5.41) is 22.6. The highest BCUT2D eigenvalue weighted by molar-refractivity contribution is 7.89. The van der Waals surface area contributed by atoms with Crippen molar-refractivity contribution < 1.29 is 41.0 Å². The highest BCUT2D eigenvalue weighted by Gasteiger charge is 2.27. The van der Waals surface area contributed by atoms with Gasteiger partial charge in [0.15, 0.2) is 11.5 Å². The molecule has 4 rings (SSSR count). The molecule has 0 saturated heterocycles. The topological polar surface area (TPSA) is 231 Å². The Morgan fingerprint density at radius 2 is 1.15 bits per heavy atom. The Hall–Kier alpha value is -4.96. The second-order valence-corrected chi connectivity index (χ2v) is 11.5. The number of amides is 1. The van der Waals surface area contributed by atoms with Crippen LogP contribution in [-0.2, 0) is 20.0 Å². The van der Waals surface area contributed by atoms with Crippen molar-refractivity contribution >= 4 is 43.3 Å². The summed E-state index contributed by atoms with van der Waals surface area (Å²) < 4.78 is 60.9. The van der Waals surface area contributed by atoms with Gasteiger partial charge in [-0.05, 0) is 48.5 Å². The van der Waals surface area contributed by atoms with E-state index in [-0.39, 0.29) is 28.5 Å². The summed E-state index contributed by atoms with van der Waals surface area (Å²) in [5.74, 6) is -2.98. The Morgan fingerprint density at radius 3 is 1.63 bits per heavy atom. The maximum absolute atomic E-state index is 13.3. The molecule has 0 fully saturated rings. The van der Waals surface area contributed by atoms with E-state index >= 15 is 0 Å². The first-order valence-corrected chi connectivity index (χ1v) is 14.5. The molecule has 8 N–H and O–H groups in total. The van der Waals surface area contributed by atoms with Crippen LogP contribution in [0.2, 0.25) is 0 Å². The van der Waals surface area contributed by atoms with E-state index < -0.39 is 58.7 Å². The van der Waals surface area contributed by atoms with Crippen LogP contribution in [0.3, 0.4) is 0 Å². The molecule has 4 aromatic carbocycles. The number of carboxylic acid groups (broad SMARTS) is 1. The molecule has 212 valence electrons. The molecule has 41 heavy (non-hydrogen) atoms. The number of rotatable bonds is 9. The fourth-order valence-electron chi connectivity index (χ4n) is 3.62. The zero-order valence-corrected chi connectivity index (χ0v) is 22.5. The van der Waals surface area contributed by atoms with E-state index in [9.17, 15) is 31.5 Å². The minimum atomic E-state index is -4.57. The Kier molecular flexibility index (Phi) is 7.98. The number of carbonyl (C=O) groups excluding carboxylic acids is 1. The van der Waals surface area contributed by atoms with Crippen molar-refractivity contribution in [2.24, 2.45) is 10.3 Å². The standard InChI is InChI=1S/C26H22N4O9S2/c27-19-11-15(13-21(40(28,34)35)23(19)38-17-7-3-1-4-8-17)25(31)30-20-12-16(26(32)33)14-22(41(29,36)37)24(20)39-18-9-5-2-6-10-18/h1-14H,27H2,(H,30,31)(H,32,33)(H2,28,34,35)(H2,29,36,37). The molecule has 0 spiro atoms. The van der Waals surface area contributed by atoms with Gasteiger partial charge >= 0.3 is 5.97 Å². The number of sulfonamides is 2. The first kappa shape index (κ1) is 29.0. The summed E-state index contributed by atoms with van der Waals surface area (Å²) in [5.41, 5.74) is 4.51. The molecular weight excluding hydrogens is 576 g/mol. The van der Waals surface area contributed by atoms with Gasteiger partial charge < -0.3 is 25.6 Å². The van der Waals surface area contributed by atoms with Crippen molar-refractivity contribution in [2.45, 2.75) is 9.79 Å². The molecule has 0 radical (unpaired) electrons. The van der Waals surface area contributed by atoms with Crippen molar-refractivity contribution in [3.05, 3.63) is 96.1 Å². The van der Waals surface area contributed by atoms with Gasteiger partial charge in [0.05, 0.1) is 16.9 Å². The zero-order chi connectivity index (χ0) is 29.9. The van der Waals surface area contributed by atoms with E-state index in [1.807, 2.05) is 0 Å². The average Bonchev–Trinajstić information content (AvgIpc) is 2.90. The van der Waals surface area contributed by atoms with E-state index in [1.54, 1.807) is 48.5 Å². The molecule has 1 amide bonds. The van der Waals surface area contributed by atoms with E-state index in [0.717, 1.165) is 24.3 Å². The molecule has 4 aromatic rings. The van der Waals surface area contributed by atoms with Crippen LogP contribution in [0.1, 0.15) is 20.7 Å². The number of ether oxygens (including phenoxy) is 2. The first-order valence-electron chi connectivity index (χ1n) is 11.4. The quantitative estimate of drug-likeness (QED) is 0.177. The molecule has 0 aliphatic heterocycles. The van der Waals surface area contributed by atoms with E-state index in [0.29, 0.717) is 0 Å². The Balaban J connectivity index is 1.83. The number of carbonyl (C=O) groups is 2. The van der Waals surface area contributed by atoms with Gasteiger partial charge in [-0.1, -0.05) is 36.4 Å². The minimum absolute atomic E-state index is 0.138. The van der Waals surface area contributed by atoms with Gasteiger partial charge in [-0.2, -0.15) is 0 Å². The summed E-state index contributed by atoms with van der Waals surface area (Å²) in [6.07, 6.45) is 0. The van der Waals surface area contributed by atoms with Crippen molar-refractivity contribution in [3.8, 4) is 23.0 Å². The monoisotopic (exact) mass is 598 g/mol. The van der Waals surface area contributed by atoms with E-state index in [4.69, 9.17) is 25.5 Å². The van der Waals surface area contributed by atoms with Crippen LogP contribution in [0.5, 0.6) is 23.0 Å². The van der Waals surface area contributed by atoms with Gasteiger partial charge in [0.25, 0.3) is 5.91 Å². The predicted octanol–water partition coefficient (Wildman–Crippen LogP) is 3.10. The lowest BCUT2D eigenvalue weighted by molar-refractivity contribution is 0.0696. The molecule has 0 heterocycles. The smallest absolute Gasteiger partial charge is 0.335 e. The molecule has 0 atom stereocenters. The lowest BCUT2D eigenvalue weighted by Crippen LogP contribution is -2.19. The first-order chi connectivity index (χ1) is 19.2. The van der Waals surface area contributed by atoms with Crippen LogP contribution >= 0.6 is 0 Å². The third-order valence-electron chi connectivity index (χ3n) is 5.44. The van der Waals surface area contributed by atoms with Gasteiger partial charge in [0, 0.05) is 5.56 Å². The van der Waals surface area contributed by atoms with Crippen LogP contribution in [0, 0.1) is 0 Å². The van der Waals surface area contributed by atoms with Crippen LogP contribution in [-0.4, -0.2) is 33.8 Å². The maximum atomic E-state index is 13.3. The Morgan fingerprint density at radius 1 is 0.683 bits per heavy atom. The lowest BCUT2D eigenvalue weighted by Gasteiger charge is -2.18. The summed E-state index contributed by atoms with van der Waals surface area (Å²) >= 11 is 0. The molecule has 0 unspecified atom stereocenters. The molecular formula is C26H22N4O9S2. The minimum Gasteiger partial charge on any atom is -0.478 e. The summed E-state index contributed by atoms with van der Waals surface area (Å²) in [6.45, 7) is 0. The van der Waals surface area contributed by atoms with Gasteiger partial charge in [-0.15, -0.1) is 0 Å². The third-order valence-corrected chi connectivity index (χ3v) is 7.27. The highest BCUT2D eigenvalue weighted by Crippen LogP contribution is 2.39. The van der Waals surface area contributed by atoms with Gasteiger partial charge in [0.1, 0.15) is 21.3 Å². The number of nitrogens with two attached hydrogens (primary N) is 3. The lowest BCUT2D eigenvalue weighted by atomic mass is 10.1. The molecule has 0 bridgehead atoms. The van der Waals surface area contributed by atoms with Crippen LogP contribution in [0.15, 0.2) is 94.7 Å². The van der Waals surface area contributed by atoms with E-state index in [1.165, 1.54) is 12.1 Å². The number of nitrogens with one attached hydrogen (secondary N) is 1. The van der Waals surface area contributed by atoms with Crippen molar-refractivity contribution in [1.29, 1.82) is 0 Å². The SMILES string of the molecule is Nc1cc(C(=O)Nc2cc(C(=O)O)cc(S(N)(=O)=O)c2Oc2ccccc2)cc(S(N)(=O)=O)c1Oc1ccccc1. The average molecular weight is 599 g/mol. The Bertz CT molecular complexity index is 1860. The fraction of sp³-hybridized carbons (Fsp3) is 0. The number of hydrogen-bond acceptors (Lipinski definition) is 9. The van der Waals surface area contributed by atoms with Gasteiger partial charge in [0.2, 0.25) is 20.0 Å². The highest BCUT2D eigenvalue weighted by atomic mass is 32.2. The molecule has 13 nitrogen and oxygen atoms in total. The summed E-state index contributed by atoms with van der Waals surface area (Å²) in [7, 11) is -9.05. The number of hydrogen-bond donors (Lipinski definition) is 5. The second-order valence-electron chi connectivity index (χ2n) is 8.42. The zero-order valence-electron chi connectivity index (χ0n) is 20.8. The predicted molar refractivity (Wildman–Crippen MR) is 148 cm³/mol. The number of primary sulfonamides is 2. The summed E-state index contributed by atoms with van der Waals surface area (Å²) in [4.78, 5) is 23.7.